The van der Waals surface area contributed by atoms with Gasteiger partial charge in [-0.1, -0.05) is 32.0 Å². The van der Waals surface area contributed by atoms with Crippen LogP contribution in [0.5, 0.6) is 0 Å². The molecule has 19 heavy (non-hydrogen) atoms. The molecule has 0 aliphatic carbocycles. The van der Waals surface area contributed by atoms with E-state index in [0.29, 0.717) is 6.54 Å². The summed E-state index contributed by atoms with van der Waals surface area (Å²) in [4.78, 5) is 11.2. The van der Waals surface area contributed by atoms with Gasteiger partial charge in [0, 0.05) is 0 Å². The minimum Gasteiger partial charge on any atom is -0.480 e. The summed E-state index contributed by atoms with van der Waals surface area (Å²) in [5, 5.41) is 11.7. The Bertz CT molecular complexity index is 444. The molecule has 0 saturated carbocycles. The minimum atomic E-state index is -4.57. The van der Waals surface area contributed by atoms with E-state index in [2.05, 4.69) is 5.32 Å². The zero-order valence-corrected chi connectivity index (χ0v) is 10.7. The Morgan fingerprint density at radius 3 is 2.37 bits per heavy atom. The highest BCUT2D eigenvalue weighted by Crippen LogP contribution is 2.34. The van der Waals surface area contributed by atoms with Crippen molar-refractivity contribution in [2.75, 3.05) is 6.54 Å². The van der Waals surface area contributed by atoms with Crippen LogP contribution in [-0.2, 0) is 11.0 Å². The molecule has 1 atom stereocenters. The van der Waals surface area contributed by atoms with Crippen molar-refractivity contribution in [2.24, 2.45) is 5.92 Å². The Labute approximate surface area is 109 Å². The third-order valence-corrected chi connectivity index (χ3v) is 2.55. The Kier molecular flexibility index (Phi) is 4.94. The van der Waals surface area contributed by atoms with Crippen LogP contribution in [0, 0.1) is 5.92 Å². The topological polar surface area (TPSA) is 49.3 Å². The van der Waals surface area contributed by atoms with Gasteiger partial charge in [-0.2, -0.15) is 13.2 Å². The van der Waals surface area contributed by atoms with Gasteiger partial charge in [-0.25, -0.2) is 0 Å². The van der Waals surface area contributed by atoms with E-state index in [4.69, 9.17) is 5.11 Å². The van der Waals surface area contributed by atoms with Gasteiger partial charge in [-0.3, -0.25) is 4.79 Å². The summed E-state index contributed by atoms with van der Waals surface area (Å²) >= 11 is 0. The molecule has 0 bridgehead atoms. The lowest BCUT2D eigenvalue weighted by molar-refractivity contribution is -0.142. The van der Waals surface area contributed by atoms with Gasteiger partial charge in [0.15, 0.2) is 0 Å². The summed E-state index contributed by atoms with van der Waals surface area (Å²) in [7, 11) is 0. The van der Waals surface area contributed by atoms with E-state index in [9.17, 15) is 18.0 Å². The lowest BCUT2D eigenvalue weighted by atomic mass is 9.99. The van der Waals surface area contributed by atoms with Gasteiger partial charge in [0.1, 0.15) is 6.04 Å². The summed E-state index contributed by atoms with van der Waals surface area (Å²) in [6.45, 7) is 4.02. The van der Waals surface area contributed by atoms with E-state index in [1.807, 2.05) is 13.8 Å². The van der Waals surface area contributed by atoms with Crippen molar-refractivity contribution in [3.8, 4) is 0 Å². The second-order valence-corrected chi connectivity index (χ2v) is 4.66. The highest BCUT2D eigenvalue weighted by atomic mass is 19.4. The van der Waals surface area contributed by atoms with Gasteiger partial charge in [0.05, 0.1) is 5.56 Å². The summed E-state index contributed by atoms with van der Waals surface area (Å²) < 4.78 is 38.6. The van der Waals surface area contributed by atoms with Crippen molar-refractivity contribution >= 4 is 5.97 Å². The number of alkyl halides is 3. The van der Waals surface area contributed by atoms with Crippen LogP contribution >= 0.6 is 0 Å². The predicted octanol–water partition coefficient (Wildman–Crippen LogP) is 3.08. The fraction of sp³-hybridized carbons (Fsp3) is 0.462. The number of hydrogen-bond donors (Lipinski definition) is 2. The molecule has 0 amide bonds. The molecular formula is C13H16F3NO2. The van der Waals surface area contributed by atoms with Crippen LogP contribution in [0.4, 0.5) is 13.2 Å². The van der Waals surface area contributed by atoms with E-state index < -0.39 is 23.8 Å². The van der Waals surface area contributed by atoms with E-state index in [-0.39, 0.29) is 11.5 Å². The average molecular weight is 275 g/mol. The van der Waals surface area contributed by atoms with Crippen molar-refractivity contribution in [1.82, 2.24) is 5.32 Å². The maximum absolute atomic E-state index is 12.9. The van der Waals surface area contributed by atoms with Crippen molar-refractivity contribution in [3.63, 3.8) is 0 Å². The first-order valence-corrected chi connectivity index (χ1v) is 5.85. The summed E-state index contributed by atoms with van der Waals surface area (Å²) in [5.41, 5.74) is -1.18. The Morgan fingerprint density at radius 1 is 1.32 bits per heavy atom. The number of rotatable bonds is 5. The smallest absolute Gasteiger partial charge is 0.416 e. The first-order chi connectivity index (χ1) is 8.73. The molecule has 1 rings (SSSR count). The van der Waals surface area contributed by atoms with E-state index in [1.54, 1.807) is 0 Å². The number of hydrogen-bond acceptors (Lipinski definition) is 2. The highest BCUT2D eigenvalue weighted by Gasteiger charge is 2.36. The number of benzene rings is 1. The zero-order chi connectivity index (χ0) is 14.6. The van der Waals surface area contributed by atoms with E-state index in [0.717, 1.165) is 6.07 Å². The first kappa shape index (κ1) is 15.5. The van der Waals surface area contributed by atoms with Crippen LogP contribution < -0.4 is 5.32 Å². The van der Waals surface area contributed by atoms with Gasteiger partial charge in [0.2, 0.25) is 0 Å². The number of nitrogens with one attached hydrogen (secondary N) is 1. The first-order valence-electron chi connectivity index (χ1n) is 5.85. The quantitative estimate of drug-likeness (QED) is 0.868. The second-order valence-electron chi connectivity index (χ2n) is 4.66. The maximum Gasteiger partial charge on any atom is 0.416 e. The normalized spacial score (nSPS) is 13.6. The molecule has 0 saturated heterocycles. The maximum atomic E-state index is 12.9. The van der Waals surface area contributed by atoms with Gasteiger partial charge in [-0.05, 0) is 24.1 Å². The molecule has 3 nitrogen and oxygen atoms in total. The molecule has 1 aromatic carbocycles. The molecule has 1 unspecified atom stereocenters. The molecule has 106 valence electrons. The highest BCUT2D eigenvalue weighted by molar-refractivity contribution is 5.76. The second kappa shape index (κ2) is 6.06. The van der Waals surface area contributed by atoms with Crippen molar-refractivity contribution in [2.45, 2.75) is 26.1 Å². The van der Waals surface area contributed by atoms with E-state index >= 15 is 0 Å². The van der Waals surface area contributed by atoms with Crippen LogP contribution in [0.25, 0.3) is 0 Å². The molecule has 2 N–H and O–H groups in total. The third kappa shape index (κ3) is 4.24. The molecule has 0 radical (unpaired) electrons. The lowest BCUT2D eigenvalue weighted by Crippen LogP contribution is -2.32. The SMILES string of the molecule is CC(C)CNC(C(=O)O)c1ccccc1C(F)(F)F. The van der Waals surface area contributed by atoms with Gasteiger partial charge < -0.3 is 10.4 Å². The largest absolute Gasteiger partial charge is 0.480 e. The molecule has 0 fully saturated rings. The predicted molar refractivity (Wildman–Crippen MR) is 64.7 cm³/mol. The molecular weight excluding hydrogens is 259 g/mol. The van der Waals surface area contributed by atoms with Gasteiger partial charge >= 0.3 is 12.1 Å². The molecule has 0 spiro atoms. The number of aliphatic carboxylic acids is 1. The van der Waals surface area contributed by atoms with Crippen molar-refractivity contribution in [3.05, 3.63) is 35.4 Å². The monoisotopic (exact) mass is 275 g/mol. The molecule has 0 aromatic heterocycles. The molecule has 0 aliphatic rings. The van der Waals surface area contributed by atoms with Crippen LogP contribution in [0.2, 0.25) is 0 Å². The zero-order valence-electron chi connectivity index (χ0n) is 10.7. The van der Waals surface area contributed by atoms with Crippen LogP contribution in [0.3, 0.4) is 0 Å². The Hall–Kier alpha value is -1.56. The van der Waals surface area contributed by atoms with Gasteiger partial charge in [-0.15, -0.1) is 0 Å². The number of carboxylic acid groups (broad SMARTS) is 1. The van der Waals surface area contributed by atoms with Crippen LogP contribution in [0.15, 0.2) is 24.3 Å². The van der Waals surface area contributed by atoms with Crippen molar-refractivity contribution in [1.29, 1.82) is 0 Å². The van der Waals surface area contributed by atoms with Crippen LogP contribution in [-0.4, -0.2) is 17.6 Å². The number of carboxylic acids is 1. The fourth-order valence-electron chi connectivity index (χ4n) is 1.69. The Balaban J connectivity index is 3.13. The lowest BCUT2D eigenvalue weighted by Gasteiger charge is -2.20. The van der Waals surface area contributed by atoms with Gasteiger partial charge in [0.25, 0.3) is 0 Å². The minimum absolute atomic E-state index is 0.139. The average Bonchev–Trinajstić information content (AvgIpc) is 2.27. The Morgan fingerprint density at radius 2 is 1.89 bits per heavy atom. The number of halogens is 3. The molecule has 0 heterocycles. The molecule has 0 aliphatic heterocycles. The summed E-state index contributed by atoms with van der Waals surface area (Å²) in [6, 6.07) is 3.36. The summed E-state index contributed by atoms with van der Waals surface area (Å²) in [5.74, 6) is -1.18. The van der Waals surface area contributed by atoms with E-state index in [1.165, 1.54) is 18.2 Å². The molecule has 6 heteroatoms. The standard InChI is InChI=1S/C13H16F3NO2/c1-8(2)7-17-11(12(18)19)9-5-3-4-6-10(9)13(14,15)16/h3-6,8,11,17H,7H2,1-2H3,(H,18,19). The van der Waals surface area contributed by atoms with Crippen LogP contribution in [0.1, 0.15) is 31.0 Å². The molecule has 1 aromatic rings. The number of carbonyl (C=O) groups is 1. The summed E-state index contributed by atoms with van der Waals surface area (Å²) in [6.07, 6.45) is -4.57. The fourth-order valence-corrected chi connectivity index (χ4v) is 1.69. The van der Waals surface area contributed by atoms with Crippen molar-refractivity contribution < 1.29 is 23.1 Å². The third-order valence-electron chi connectivity index (χ3n) is 2.55.